The Morgan fingerprint density at radius 1 is 0.432 bits per heavy atom. The Hall–Kier alpha value is -4.60. The number of benzene rings is 5. The molecule has 7 aromatic rings. The van der Waals surface area contributed by atoms with E-state index in [-0.39, 0.29) is 0 Å². The minimum atomic E-state index is 0.749. The Balaban J connectivity index is 1.42. The summed E-state index contributed by atoms with van der Waals surface area (Å²) < 4.78 is 1.23. The molecule has 0 aliphatic carbocycles. The number of hydrogen-bond acceptors (Lipinski definition) is 3. The zero-order valence-electron chi connectivity index (χ0n) is 20.0. The Labute approximate surface area is 219 Å². The van der Waals surface area contributed by atoms with Crippen LogP contribution in [-0.2, 0) is 0 Å². The number of hydrogen-bond donors (Lipinski definition) is 0. The van der Waals surface area contributed by atoms with Crippen LogP contribution in [0.2, 0.25) is 0 Å². The van der Waals surface area contributed by atoms with Crippen molar-refractivity contribution in [3.05, 3.63) is 133 Å². The summed E-state index contributed by atoms with van der Waals surface area (Å²) in [7, 11) is 0. The van der Waals surface area contributed by atoms with Crippen LogP contribution >= 0.6 is 11.3 Å². The van der Waals surface area contributed by atoms with Gasteiger partial charge in [0.1, 0.15) is 4.83 Å². The molecule has 0 saturated carbocycles. The van der Waals surface area contributed by atoms with E-state index in [0.29, 0.717) is 0 Å². The molecule has 174 valence electrons. The minimum absolute atomic E-state index is 0.749. The monoisotopic (exact) mass is 490 g/mol. The molecule has 0 spiro atoms. The van der Waals surface area contributed by atoms with Gasteiger partial charge in [-0.2, -0.15) is 0 Å². The molecule has 0 aliphatic heterocycles. The van der Waals surface area contributed by atoms with Crippen molar-refractivity contribution in [3.8, 4) is 44.9 Å². The molecule has 0 saturated heterocycles. The maximum absolute atomic E-state index is 5.20. The lowest BCUT2D eigenvalue weighted by Gasteiger charge is -2.10. The summed E-state index contributed by atoms with van der Waals surface area (Å²) in [5, 5.41) is 2.32. The van der Waals surface area contributed by atoms with Crippen molar-refractivity contribution >= 4 is 31.6 Å². The van der Waals surface area contributed by atoms with Crippen LogP contribution in [0.15, 0.2) is 133 Å². The molecule has 0 bridgehead atoms. The van der Waals surface area contributed by atoms with Gasteiger partial charge in [0.2, 0.25) is 0 Å². The van der Waals surface area contributed by atoms with E-state index >= 15 is 0 Å². The van der Waals surface area contributed by atoms with Crippen molar-refractivity contribution in [3.63, 3.8) is 0 Å². The normalized spacial score (nSPS) is 11.2. The first kappa shape index (κ1) is 21.7. The van der Waals surface area contributed by atoms with Crippen LogP contribution < -0.4 is 0 Å². The Bertz CT molecular complexity index is 1850. The van der Waals surface area contributed by atoms with Crippen LogP contribution in [-0.4, -0.2) is 9.97 Å². The van der Waals surface area contributed by atoms with Gasteiger partial charge in [-0.3, -0.25) is 0 Å². The molecular formula is C34H22N2S. The maximum Gasteiger partial charge on any atom is 0.161 e. The molecule has 2 aromatic heterocycles. The van der Waals surface area contributed by atoms with E-state index in [0.717, 1.165) is 32.9 Å². The molecule has 0 unspecified atom stereocenters. The molecule has 0 radical (unpaired) electrons. The highest BCUT2D eigenvalue weighted by molar-refractivity contribution is 7.25. The summed E-state index contributed by atoms with van der Waals surface area (Å²) in [6.07, 6.45) is 0. The zero-order valence-corrected chi connectivity index (χ0v) is 20.8. The fraction of sp³-hybridized carbons (Fsp3) is 0. The molecule has 0 N–H and O–H groups in total. The van der Waals surface area contributed by atoms with Crippen molar-refractivity contribution in [2.45, 2.75) is 0 Å². The van der Waals surface area contributed by atoms with Gasteiger partial charge in [0.25, 0.3) is 0 Å². The van der Waals surface area contributed by atoms with Gasteiger partial charge in [0.15, 0.2) is 5.82 Å². The van der Waals surface area contributed by atoms with E-state index < -0.39 is 0 Å². The Morgan fingerprint density at radius 3 is 1.76 bits per heavy atom. The van der Waals surface area contributed by atoms with Gasteiger partial charge in [0.05, 0.1) is 5.69 Å². The number of fused-ring (bicyclic) bond motifs is 3. The van der Waals surface area contributed by atoms with E-state index in [4.69, 9.17) is 9.97 Å². The second kappa shape index (κ2) is 9.12. The molecule has 0 amide bonds. The molecule has 0 fully saturated rings. The van der Waals surface area contributed by atoms with Gasteiger partial charge in [-0.05, 0) is 34.4 Å². The van der Waals surface area contributed by atoms with E-state index in [1.165, 1.54) is 32.3 Å². The van der Waals surface area contributed by atoms with Crippen molar-refractivity contribution in [1.82, 2.24) is 9.97 Å². The van der Waals surface area contributed by atoms with Gasteiger partial charge in [-0.15, -0.1) is 11.3 Å². The standard InChI is InChI=1S/C34H22N2S/c1-3-10-23(11-4-1)25-18-20-26(21-19-25)33-35-32(31-29-16-7-8-17-30(29)37-34(31)36-33)28-15-9-14-27(22-28)24-12-5-2-6-13-24/h1-22H. The maximum atomic E-state index is 5.20. The first-order valence-corrected chi connectivity index (χ1v) is 13.2. The molecule has 3 heteroatoms. The summed E-state index contributed by atoms with van der Waals surface area (Å²) in [4.78, 5) is 11.3. The summed E-state index contributed by atoms with van der Waals surface area (Å²) in [6.45, 7) is 0. The van der Waals surface area contributed by atoms with Crippen molar-refractivity contribution in [2.24, 2.45) is 0 Å². The molecular weight excluding hydrogens is 468 g/mol. The molecule has 0 atom stereocenters. The van der Waals surface area contributed by atoms with Crippen LogP contribution in [0, 0.1) is 0 Å². The summed E-state index contributed by atoms with van der Waals surface area (Å²) >= 11 is 1.73. The molecule has 0 aliphatic rings. The first-order chi connectivity index (χ1) is 18.3. The molecule has 37 heavy (non-hydrogen) atoms. The lowest BCUT2D eigenvalue weighted by atomic mass is 9.99. The number of rotatable bonds is 4. The van der Waals surface area contributed by atoms with Gasteiger partial charge in [-0.1, -0.05) is 121 Å². The smallest absolute Gasteiger partial charge is 0.161 e. The van der Waals surface area contributed by atoms with Crippen molar-refractivity contribution in [1.29, 1.82) is 0 Å². The third-order valence-corrected chi connectivity index (χ3v) is 7.80. The van der Waals surface area contributed by atoms with Crippen LogP contribution in [0.5, 0.6) is 0 Å². The highest BCUT2D eigenvalue weighted by Crippen LogP contribution is 2.40. The van der Waals surface area contributed by atoms with Gasteiger partial charge < -0.3 is 0 Å². The lowest BCUT2D eigenvalue weighted by molar-refractivity contribution is 1.24. The fourth-order valence-electron chi connectivity index (χ4n) is 4.88. The predicted molar refractivity (Wildman–Crippen MR) is 157 cm³/mol. The third-order valence-electron chi connectivity index (χ3n) is 6.73. The van der Waals surface area contributed by atoms with Gasteiger partial charge >= 0.3 is 0 Å². The fourth-order valence-corrected chi connectivity index (χ4v) is 5.96. The van der Waals surface area contributed by atoms with Crippen LogP contribution in [0.1, 0.15) is 0 Å². The molecule has 2 nitrogen and oxygen atoms in total. The molecule has 5 aromatic carbocycles. The Kier molecular flexibility index (Phi) is 5.34. The van der Waals surface area contributed by atoms with Crippen molar-refractivity contribution in [2.75, 3.05) is 0 Å². The first-order valence-electron chi connectivity index (χ1n) is 12.3. The van der Waals surface area contributed by atoms with E-state index in [9.17, 15) is 0 Å². The van der Waals surface area contributed by atoms with Crippen LogP contribution in [0.3, 0.4) is 0 Å². The van der Waals surface area contributed by atoms with E-state index in [1.54, 1.807) is 11.3 Å². The van der Waals surface area contributed by atoms with Crippen LogP contribution in [0.4, 0.5) is 0 Å². The van der Waals surface area contributed by atoms with E-state index in [2.05, 4.69) is 121 Å². The molecule has 7 rings (SSSR count). The highest BCUT2D eigenvalue weighted by atomic mass is 32.1. The Morgan fingerprint density at radius 2 is 1.00 bits per heavy atom. The zero-order chi connectivity index (χ0) is 24.6. The topological polar surface area (TPSA) is 25.8 Å². The number of nitrogens with zero attached hydrogens (tertiary/aromatic N) is 2. The molecule has 2 heterocycles. The predicted octanol–water partition coefficient (Wildman–Crippen LogP) is 9.51. The van der Waals surface area contributed by atoms with Gasteiger partial charge in [0, 0.05) is 26.6 Å². The van der Waals surface area contributed by atoms with Gasteiger partial charge in [-0.25, -0.2) is 9.97 Å². The average molecular weight is 491 g/mol. The number of thiophene rings is 1. The summed E-state index contributed by atoms with van der Waals surface area (Å²) in [6, 6.07) is 46.7. The minimum Gasteiger partial charge on any atom is -0.227 e. The SMILES string of the molecule is c1ccc(-c2ccc(-c3nc(-c4cccc(-c5ccccc5)c4)c4c(n3)sc3ccccc34)cc2)cc1. The summed E-state index contributed by atoms with van der Waals surface area (Å²) in [5.41, 5.74) is 7.84. The van der Waals surface area contributed by atoms with Crippen molar-refractivity contribution < 1.29 is 0 Å². The highest BCUT2D eigenvalue weighted by Gasteiger charge is 2.17. The van der Waals surface area contributed by atoms with E-state index in [1.807, 2.05) is 12.1 Å². The largest absolute Gasteiger partial charge is 0.227 e. The number of aromatic nitrogens is 2. The summed E-state index contributed by atoms with van der Waals surface area (Å²) in [5.74, 6) is 0.749. The van der Waals surface area contributed by atoms with Crippen LogP contribution in [0.25, 0.3) is 65.2 Å². The second-order valence-corrected chi connectivity index (χ2v) is 10.1. The third kappa shape index (κ3) is 4.00. The lowest BCUT2D eigenvalue weighted by Crippen LogP contribution is -1.94. The average Bonchev–Trinajstić information content (AvgIpc) is 3.36. The quantitative estimate of drug-likeness (QED) is 0.245. The second-order valence-electron chi connectivity index (χ2n) is 9.06.